The van der Waals surface area contributed by atoms with Gasteiger partial charge in [-0.25, -0.2) is 18.7 Å². The molecule has 2 fully saturated rings. The largest absolute Gasteiger partial charge is 0.476 e. The van der Waals surface area contributed by atoms with Crippen molar-refractivity contribution < 1.29 is 18.6 Å². The van der Waals surface area contributed by atoms with Gasteiger partial charge in [0.15, 0.2) is 0 Å². The molecule has 0 amide bonds. The molecule has 2 aromatic rings. The lowest BCUT2D eigenvalue weighted by Crippen LogP contribution is -2.41. The first-order valence-electron chi connectivity index (χ1n) is 12.6. The second kappa shape index (κ2) is 11.7. The number of halogens is 2. The van der Waals surface area contributed by atoms with E-state index in [2.05, 4.69) is 20.0 Å². The van der Waals surface area contributed by atoms with Crippen molar-refractivity contribution in [3.8, 4) is 17.1 Å². The average Bonchev–Trinajstić information content (AvgIpc) is 3.31. The molecule has 0 saturated carbocycles. The summed E-state index contributed by atoms with van der Waals surface area (Å²) in [6.07, 6.45) is 5.41. The summed E-state index contributed by atoms with van der Waals surface area (Å²) in [7, 11) is 0. The Balaban J connectivity index is 1.31. The summed E-state index contributed by atoms with van der Waals surface area (Å²) in [6.45, 7) is 6.57. The first-order chi connectivity index (χ1) is 17.2. The number of likely N-dealkylation sites (tertiary alicyclic amines) is 2. The Morgan fingerprint density at radius 1 is 1.19 bits per heavy atom. The van der Waals surface area contributed by atoms with Crippen LogP contribution in [-0.4, -0.2) is 75.9 Å². The van der Waals surface area contributed by atoms with Gasteiger partial charge in [0.25, 0.3) is 0 Å². The third-order valence-electron chi connectivity index (χ3n) is 7.00. The van der Waals surface area contributed by atoms with Crippen molar-refractivity contribution >= 4 is 0 Å². The zero-order chi connectivity index (χ0) is 25.7. The third-order valence-corrected chi connectivity index (χ3v) is 7.00. The predicted octanol–water partition coefficient (Wildman–Crippen LogP) is 4.34. The highest BCUT2D eigenvalue weighted by Crippen LogP contribution is 2.31. The van der Waals surface area contributed by atoms with Crippen molar-refractivity contribution in [3.63, 3.8) is 0 Å². The van der Waals surface area contributed by atoms with Crippen LogP contribution < -0.4 is 4.74 Å². The fraction of sp³-hybridized carbons (Fsp3) is 0.615. The SMILES string of the molecule is CC(C)(F)CN1CCC(COc2cnc(-c3ccc(C(O)N4CCC[C@@H]4CN=O)c(F)c3)cn2)CC1. The number of piperidine rings is 1. The summed E-state index contributed by atoms with van der Waals surface area (Å²) >= 11 is 0. The monoisotopic (exact) mass is 503 g/mol. The van der Waals surface area contributed by atoms with Crippen LogP contribution in [0.4, 0.5) is 8.78 Å². The minimum absolute atomic E-state index is 0.0808. The van der Waals surface area contributed by atoms with Crippen LogP contribution in [0.15, 0.2) is 35.8 Å². The van der Waals surface area contributed by atoms with E-state index in [0.29, 0.717) is 42.8 Å². The van der Waals surface area contributed by atoms with Crippen molar-refractivity contribution in [2.75, 3.05) is 39.3 Å². The molecule has 0 bridgehead atoms. The number of hydrogen-bond acceptors (Lipinski definition) is 8. The van der Waals surface area contributed by atoms with Crippen LogP contribution in [0.2, 0.25) is 0 Å². The molecule has 0 radical (unpaired) electrons. The Morgan fingerprint density at radius 3 is 2.61 bits per heavy atom. The van der Waals surface area contributed by atoms with Crippen LogP contribution in [0.5, 0.6) is 5.88 Å². The number of aliphatic hydroxyl groups is 1. The van der Waals surface area contributed by atoms with Crippen LogP contribution in [0, 0.1) is 16.6 Å². The van der Waals surface area contributed by atoms with Crippen molar-refractivity contribution in [2.45, 2.75) is 57.5 Å². The topological polar surface area (TPSA) is 91.2 Å². The number of aromatic nitrogens is 2. The quantitative estimate of drug-likeness (QED) is 0.482. The lowest BCUT2D eigenvalue weighted by molar-refractivity contribution is -0.00738. The van der Waals surface area contributed by atoms with E-state index in [1.54, 1.807) is 37.1 Å². The lowest BCUT2D eigenvalue weighted by atomic mass is 9.97. The van der Waals surface area contributed by atoms with Crippen LogP contribution >= 0.6 is 0 Å². The molecule has 2 aliphatic rings. The zero-order valence-electron chi connectivity index (χ0n) is 20.9. The molecule has 1 N–H and O–H groups in total. The number of ether oxygens (including phenoxy) is 1. The molecule has 0 spiro atoms. The van der Waals surface area contributed by atoms with Gasteiger partial charge in [0, 0.05) is 30.3 Å². The van der Waals surface area contributed by atoms with Gasteiger partial charge < -0.3 is 14.7 Å². The number of rotatable bonds is 10. The number of alkyl halides is 1. The zero-order valence-corrected chi connectivity index (χ0v) is 20.9. The first-order valence-corrected chi connectivity index (χ1v) is 12.6. The van der Waals surface area contributed by atoms with Crippen molar-refractivity contribution in [1.82, 2.24) is 19.8 Å². The molecule has 1 unspecified atom stereocenters. The third kappa shape index (κ3) is 6.80. The minimum Gasteiger partial charge on any atom is -0.476 e. The Morgan fingerprint density at radius 2 is 1.97 bits per heavy atom. The molecule has 196 valence electrons. The molecule has 8 nitrogen and oxygen atoms in total. The van der Waals surface area contributed by atoms with E-state index >= 15 is 0 Å². The lowest BCUT2D eigenvalue weighted by Gasteiger charge is -2.34. The molecule has 10 heteroatoms. The van der Waals surface area contributed by atoms with Gasteiger partial charge in [0.1, 0.15) is 17.7 Å². The number of nitroso groups, excluding NO2 is 1. The maximum Gasteiger partial charge on any atom is 0.232 e. The smallest absolute Gasteiger partial charge is 0.232 e. The first kappa shape index (κ1) is 26.5. The maximum absolute atomic E-state index is 14.9. The predicted molar refractivity (Wildman–Crippen MR) is 133 cm³/mol. The molecule has 1 aromatic heterocycles. The summed E-state index contributed by atoms with van der Waals surface area (Å²) in [6, 6.07) is 4.40. The van der Waals surface area contributed by atoms with Crippen molar-refractivity contribution in [1.29, 1.82) is 0 Å². The van der Waals surface area contributed by atoms with Crippen LogP contribution in [0.25, 0.3) is 11.3 Å². The molecule has 4 rings (SSSR count). The fourth-order valence-corrected chi connectivity index (χ4v) is 5.12. The number of benzene rings is 1. The molecule has 36 heavy (non-hydrogen) atoms. The maximum atomic E-state index is 14.9. The molecule has 2 saturated heterocycles. The number of aliphatic hydroxyl groups excluding tert-OH is 1. The van der Waals surface area contributed by atoms with Gasteiger partial charge in [-0.1, -0.05) is 17.3 Å². The van der Waals surface area contributed by atoms with Crippen LogP contribution in [-0.2, 0) is 0 Å². The highest BCUT2D eigenvalue weighted by atomic mass is 19.1. The molecule has 1 aromatic carbocycles. The van der Waals surface area contributed by atoms with Crippen molar-refractivity contribution in [2.24, 2.45) is 11.1 Å². The molecule has 2 atom stereocenters. The average molecular weight is 504 g/mol. The van der Waals surface area contributed by atoms with E-state index in [1.165, 1.54) is 12.3 Å². The summed E-state index contributed by atoms with van der Waals surface area (Å²) in [5, 5.41) is 13.7. The second-order valence-electron chi connectivity index (χ2n) is 10.4. The highest BCUT2D eigenvalue weighted by Gasteiger charge is 2.32. The van der Waals surface area contributed by atoms with Crippen LogP contribution in [0.1, 0.15) is 51.3 Å². The van der Waals surface area contributed by atoms with Gasteiger partial charge >= 0.3 is 0 Å². The fourth-order valence-electron chi connectivity index (χ4n) is 5.12. The number of hydrogen-bond donors (Lipinski definition) is 1. The van der Waals surface area contributed by atoms with Gasteiger partial charge in [-0.3, -0.25) is 4.90 Å². The summed E-state index contributed by atoms with van der Waals surface area (Å²) < 4.78 is 34.6. The normalized spacial score (nSPS) is 21.0. The van der Waals surface area contributed by atoms with E-state index in [0.717, 1.165) is 38.8 Å². The van der Waals surface area contributed by atoms with Crippen molar-refractivity contribution in [3.05, 3.63) is 46.9 Å². The summed E-state index contributed by atoms with van der Waals surface area (Å²) in [5.41, 5.74) is 0.00699. The Bertz CT molecular complexity index is 1010. The van der Waals surface area contributed by atoms with E-state index in [4.69, 9.17) is 4.74 Å². The van der Waals surface area contributed by atoms with Gasteiger partial charge in [-0.05, 0) is 64.6 Å². The Hall–Kier alpha value is -2.56. The molecule has 3 heterocycles. The summed E-state index contributed by atoms with van der Waals surface area (Å²) in [4.78, 5) is 23.2. The van der Waals surface area contributed by atoms with E-state index in [-0.39, 0.29) is 18.2 Å². The molecular weight excluding hydrogens is 468 g/mol. The molecule has 2 aliphatic heterocycles. The van der Waals surface area contributed by atoms with E-state index in [9.17, 15) is 18.8 Å². The van der Waals surface area contributed by atoms with Gasteiger partial charge in [0.05, 0.1) is 31.2 Å². The minimum atomic E-state index is -1.19. The molecular formula is C26H35F2N5O3. The van der Waals surface area contributed by atoms with Gasteiger partial charge in [0.2, 0.25) is 5.88 Å². The van der Waals surface area contributed by atoms with Gasteiger partial charge in [-0.15, -0.1) is 0 Å². The highest BCUT2D eigenvalue weighted by molar-refractivity contribution is 5.59. The Labute approximate surface area is 210 Å². The van der Waals surface area contributed by atoms with E-state index < -0.39 is 17.7 Å². The summed E-state index contributed by atoms with van der Waals surface area (Å²) in [5.74, 6) is 0.243. The Kier molecular flexibility index (Phi) is 8.58. The molecule has 0 aliphatic carbocycles. The standard InChI is InChI=1S/C26H35F2N5O3/c1-26(2,28)17-32-10-7-18(8-11-32)16-36-24-15-29-23(14-30-24)19-5-6-21(22(27)12-19)25(34)33-9-3-4-20(33)13-31-35/h5-6,12,14-15,18,20,25,34H,3-4,7-11,13,16-17H2,1-2H3/t20-,25?/m1/s1. The number of nitrogens with zero attached hydrogens (tertiary/aromatic N) is 5. The van der Waals surface area contributed by atoms with Crippen LogP contribution in [0.3, 0.4) is 0 Å². The second-order valence-corrected chi connectivity index (χ2v) is 10.4. The van der Waals surface area contributed by atoms with E-state index in [1.807, 2.05) is 0 Å². The van der Waals surface area contributed by atoms with Gasteiger partial charge in [-0.2, -0.15) is 4.91 Å².